The van der Waals surface area contributed by atoms with Crippen LogP contribution < -0.4 is 5.73 Å². The molecule has 0 radical (unpaired) electrons. The summed E-state index contributed by atoms with van der Waals surface area (Å²) < 4.78 is 24.0. The van der Waals surface area contributed by atoms with E-state index in [9.17, 15) is 8.78 Å². The van der Waals surface area contributed by atoms with Crippen molar-refractivity contribution in [2.24, 2.45) is 5.73 Å². The highest BCUT2D eigenvalue weighted by Gasteiger charge is 2.31. The maximum absolute atomic E-state index is 12.0. The molecule has 0 aromatic rings. The number of alkyl halides is 2. The van der Waals surface area contributed by atoms with E-state index >= 15 is 0 Å². The van der Waals surface area contributed by atoms with Crippen molar-refractivity contribution in [3.8, 4) is 0 Å². The van der Waals surface area contributed by atoms with Crippen LogP contribution in [0.15, 0.2) is 0 Å². The molecule has 0 unspecified atom stereocenters. The minimum absolute atomic E-state index is 0.0521. The van der Waals surface area contributed by atoms with Gasteiger partial charge in [-0.05, 0) is 13.0 Å². The molecule has 0 aliphatic heterocycles. The second kappa shape index (κ2) is 3.08. The molecule has 0 saturated heterocycles. The van der Waals surface area contributed by atoms with Crippen LogP contribution in [0.2, 0.25) is 0 Å². The summed E-state index contributed by atoms with van der Waals surface area (Å²) in [4.78, 5) is 0. The van der Waals surface area contributed by atoms with Gasteiger partial charge in [-0.2, -0.15) is 0 Å². The first-order valence-electron chi connectivity index (χ1n) is 2.74. The zero-order valence-corrected chi connectivity index (χ0v) is 5.27. The Morgan fingerprint density at radius 2 is 2.11 bits per heavy atom. The predicted octanol–water partition coefficient (Wildman–Crippen LogP) is 0.351. The number of hydrogen-bond acceptors (Lipinski definition) is 2. The second-order valence-electron chi connectivity index (χ2n) is 2.05. The van der Waals surface area contributed by atoms with Crippen LogP contribution in [-0.4, -0.2) is 23.7 Å². The van der Waals surface area contributed by atoms with E-state index in [1.165, 1.54) is 0 Å². The maximum atomic E-state index is 12.0. The van der Waals surface area contributed by atoms with Crippen LogP contribution in [0.25, 0.3) is 0 Å². The summed E-state index contributed by atoms with van der Waals surface area (Å²) in [6.07, 6.45) is -1.65. The van der Waals surface area contributed by atoms with Gasteiger partial charge in [0, 0.05) is 6.92 Å². The summed E-state index contributed by atoms with van der Waals surface area (Å²) in [5.41, 5.74) is 4.93. The van der Waals surface area contributed by atoms with Gasteiger partial charge in [0.2, 0.25) is 0 Å². The van der Waals surface area contributed by atoms with Gasteiger partial charge in [-0.25, -0.2) is 8.78 Å². The van der Waals surface area contributed by atoms with Crippen molar-refractivity contribution in [2.75, 3.05) is 6.54 Å². The van der Waals surface area contributed by atoms with Crippen molar-refractivity contribution in [3.05, 3.63) is 0 Å². The lowest BCUT2D eigenvalue weighted by molar-refractivity contribution is -0.0946. The molecule has 0 aliphatic carbocycles. The van der Waals surface area contributed by atoms with Gasteiger partial charge in [0.05, 0.1) is 0 Å². The molecule has 4 heteroatoms. The van der Waals surface area contributed by atoms with Gasteiger partial charge in [0.15, 0.2) is 0 Å². The summed E-state index contributed by atoms with van der Waals surface area (Å²) >= 11 is 0. The minimum Gasteiger partial charge on any atom is -0.387 e. The molecular weight excluding hydrogens is 128 g/mol. The van der Waals surface area contributed by atoms with E-state index in [1.54, 1.807) is 0 Å². The molecule has 0 saturated carbocycles. The Balaban J connectivity index is 3.59. The molecule has 9 heavy (non-hydrogen) atoms. The predicted molar refractivity (Wildman–Crippen MR) is 30.3 cm³/mol. The van der Waals surface area contributed by atoms with Crippen molar-refractivity contribution >= 4 is 0 Å². The summed E-state index contributed by atoms with van der Waals surface area (Å²) in [5.74, 6) is -3.01. The highest BCUT2D eigenvalue weighted by Crippen LogP contribution is 2.18. The average molecular weight is 139 g/mol. The summed E-state index contributed by atoms with van der Waals surface area (Å²) in [6.45, 7) is 0.762. The van der Waals surface area contributed by atoms with Gasteiger partial charge in [0.25, 0.3) is 5.92 Å². The SMILES string of the molecule is CC(F)(F)[C@@H](O)CCN. The molecule has 2 nitrogen and oxygen atoms in total. The number of halogens is 2. The Labute approximate surface area is 52.7 Å². The molecule has 56 valence electrons. The number of nitrogens with two attached hydrogens (primary N) is 1. The monoisotopic (exact) mass is 139 g/mol. The third-order valence-corrected chi connectivity index (χ3v) is 1.03. The largest absolute Gasteiger partial charge is 0.387 e. The first-order chi connectivity index (χ1) is 3.98. The first-order valence-corrected chi connectivity index (χ1v) is 2.74. The van der Waals surface area contributed by atoms with Crippen molar-refractivity contribution in [2.45, 2.75) is 25.4 Å². The highest BCUT2D eigenvalue weighted by molar-refractivity contribution is 4.70. The van der Waals surface area contributed by atoms with Gasteiger partial charge in [-0.3, -0.25) is 0 Å². The van der Waals surface area contributed by atoms with Gasteiger partial charge in [-0.15, -0.1) is 0 Å². The normalized spacial score (nSPS) is 15.7. The number of rotatable bonds is 3. The molecule has 3 N–H and O–H groups in total. The number of hydrogen-bond donors (Lipinski definition) is 2. The molecule has 0 fully saturated rings. The molecule has 0 bridgehead atoms. The van der Waals surface area contributed by atoms with Crippen molar-refractivity contribution in [3.63, 3.8) is 0 Å². The molecule has 0 spiro atoms. The van der Waals surface area contributed by atoms with Crippen LogP contribution in [0.3, 0.4) is 0 Å². The van der Waals surface area contributed by atoms with Crippen molar-refractivity contribution in [1.29, 1.82) is 0 Å². The Morgan fingerprint density at radius 1 is 1.67 bits per heavy atom. The Kier molecular flexibility index (Phi) is 3.00. The Morgan fingerprint density at radius 3 is 2.22 bits per heavy atom. The third-order valence-electron chi connectivity index (χ3n) is 1.03. The van der Waals surface area contributed by atoms with Gasteiger partial charge >= 0.3 is 0 Å². The van der Waals surface area contributed by atoms with Crippen molar-refractivity contribution in [1.82, 2.24) is 0 Å². The number of aliphatic hydroxyl groups is 1. The van der Waals surface area contributed by atoms with Gasteiger partial charge in [0.1, 0.15) is 6.10 Å². The summed E-state index contributed by atoms with van der Waals surface area (Å²) in [5, 5.41) is 8.56. The standard InChI is InChI=1S/C5H11F2NO/c1-5(6,7)4(9)2-3-8/h4,9H,2-3,8H2,1H3/t4-/m0/s1. The van der Waals surface area contributed by atoms with E-state index in [0.29, 0.717) is 6.92 Å². The zero-order valence-electron chi connectivity index (χ0n) is 5.27. The highest BCUT2D eigenvalue weighted by atomic mass is 19.3. The van der Waals surface area contributed by atoms with Crippen LogP contribution in [0.5, 0.6) is 0 Å². The molecule has 0 heterocycles. The lowest BCUT2D eigenvalue weighted by atomic mass is 10.1. The molecule has 0 aromatic carbocycles. The van der Waals surface area contributed by atoms with Crippen LogP contribution in [0.4, 0.5) is 8.78 Å². The molecule has 0 aliphatic rings. The van der Waals surface area contributed by atoms with Crippen LogP contribution in [0.1, 0.15) is 13.3 Å². The lowest BCUT2D eigenvalue weighted by Crippen LogP contribution is -2.31. The first kappa shape index (κ1) is 8.78. The van der Waals surface area contributed by atoms with Crippen molar-refractivity contribution < 1.29 is 13.9 Å². The zero-order chi connectivity index (χ0) is 7.49. The smallest absolute Gasteiger partial charge is 0.270 e. The second-order valence-corrected chi connectivity index (χ2v) is 2.05. The van der Waals surface area contributed by atoms with Gasteiger partial charge < -0.3 is 10.8 Å². The Bertz CT molecular complexity index is 81.5. The van der Waals surface area contributed by atoms with E-state index in [-0.39, 0.29) is 13.0 Å². The van der Waals surface area contributed by atoms with E-state index in [4.69, 9.17) is 10.8 Å². The fraction of sp³-hybridized carbons (Fsp3) is 1.00. The van der Waals surface area contributed by atoms with E-state index in [1.807, 2.05) is 0 Å². The molecule has 0 rings (SSSR count). The third kappa shape index (κ3) is 3.37. The van der Waals surface area contributed by atoms with E-state index in [0.717, 1.165) is 0 Å². The van der Waals surface area contributed by atoms with Crippen LogP contribution >= 0.6 is 0 Å². The summed E-state index contributed by atoms with van der Waals surface area (Å²) in [7, 11) is 0. The van der Waals surface area contributed by atoms with E-state index in [2.05, 4.69) is 0 Å². The minimum atomic E-state index is -3.01. The molecular formula is C5H11F2NO. The van der Waals surface area contributed by atoms with E-state index < -0.39 is 12.0 Å². The fourth-order valence-corrected chi connectivity index (χ4v) is 0.411. The van der Waals surface area contributed by atoms with Crippen LogP contribution in [0, 0.1) is 0 Å². The topological polar surface area (TPSA) is 46.2 Å². The maximum Gasteiger partial charge on any atom is 0.270 e. The van der Waals surface area contributed by atoms with Crippen LogP contribution in [-0.2, 0) is 0 Å². The quantitative estimate of drug-likeness (QED) is 0.592. The van der Waals surface area contributed by atoms with Gasteiger partial charge in [-0.1, -0.05) is 0 Å². The fourth-order valence-electron chi connectivity index (χ4n) is 0.411. The molecule has 0 aromatic heterocycles. The number of aliphatic hydroxyl groups excluding tert-OH is 1. The summed E-state index contributed by atoms with van der Waals surface area (Å²) in [6, 6.07) is 0. The Hall–Kier alpha value is -0.220. The average Bonchev–Trinajstić information content (AvgIpc) is 1.64. The lowest BCUT2D eigenvalue weighted by Gasteiger charge is -2.16. The molecule has 1 atom stereocenters. The molecule has 0 amide bonds.